The van der Waals surface area contributed by atoms with Crippen LogP contribution in [0.4, 0.5) is 8.78 Å². The molecule has 0 heterocycles. The molecule has 1 saturated carbocycles. The van der Waals surface area contributed by atoms with E-state index in [-0.39, 0.29) is 5.56 Å². The van der Waals surface area contributed by atoms with Crippen LogP contribution in [0, 0.1) is 17.6 Å². The Bertz CT molecular complexity index is 368. The average molecular weight is 291 g/mol. The van der Waals surface area contributed by atoms with Gasteiger partial charge in [0, 0.05) is 4.47 Å². The summed E-state index contributed by atoms with van der Waals surface area (Å²) in [4.78, 5) is 0. The lowest BCUT2D eigenvalue weighted by molar-refractivity contribution is 0.153. The maximum atomic E-state index is 13.5. The predicted molar refractivity (Wildman–Crippen MR) is 61.0 cm³/mol. The summed E-state index contributed by atoms with van der Waals surface area (Å²) in [6, 6.07) is 2.36. The van der Waals surface area contributed by atoms with Gasteiger partial charge >= 0.3 is 0 Å². The summed E-state index contributed by atoms with van der Waals surface area (Å²) in [5.41, 5.74) is -0.205. The van der Waals surface area contributed by atoms with Crippen LogP contribution in [0.3, 0.4) is 0 Å². The van der Waals surface area contributed by atoms with Crippen LogP contribution in [0.2, 0.25) is 0 Å². The van der Waals surface area contributed by atoms with Crippen molar-refractivity contribution < 1.29 is 13.9 Å². The van der Waals surface area contributed by atoms with Crippen molar-refractivity contribution >= 4 is 15.9 Å². The molecule has 0 spiro atoms. The third kappa shape index (κ3) is 2.80. The summed E-state index contributed by atoms with van der Waals surface area (Å²) in [5.74, 6) is -0.721. The Labute approximate surface area is 102 Å². The van der Waals surface area contributed by atoms with Crippen molar-refractivity contribution in [1.29, 1.82) is 0 Å². The van der Waals surface area contributed by atoms with E-state index in [1.165, 1.54) is 25.0 Å². The van der Waals surface area contributed by atoms with Crippen LogP contribution in [-0.2, 0) is 0 Å². The number of hydrogen-bond acceptors (Lipinski definition) is 1. The number of aliphatic hydroxyl groups excluding tert-OH is 1. The van der Waals surface area contributed by atoms with Gasteiger partial charge < -0.3 is 5.11 Å². The van der Waals surface area contributed by atoms with Gasteiger partial charge in [0.25, 0.3) is 0 Å². The molecule has 0 aliphatic heterocycles. The second kappa shape index (κ2) is 4.80. The summed E-state index contributed by atoms with van der Waals surface area (Å²) in [6.07, 6.45) is 2.60. The van der Waals surface area contributed by atoms with Crippen molar-refractivity contribution in [2.45, 2.75) is 31.8 Å². The molecule has 0 bridgehead atoms. The summed E-state index contributed by atoms with van der Waals surface area (Å²) >= 11 is 3.01. The summed E-state index contributed by atoms with van der Waals surface area (Å²) in [7, 11) is 0. The van der Waals surface area contributed by atoms with Crippen molar-refractivity contribution in [2.24, 2.45) is 5.92 Å². The third-order valence-corrected chi connectivity index (χ3v) is 3.38. The first kappa shape index (κ1) is 12.0. The maximum absolute atomic E-state index is 13.5. The van der Waals surface area contributed by atoms with Crippen molar-refractivity contribution in [2.75, 3.05) is 0 Å². The molecule has 1 aromatic rings. The van der Waals surface area contributed by atoms with Gasteiger partial charge in [0.1, 0.15) is 11.6 Å². The predicted octanol–water partition coefficient (Wildman–Crippen LogP) is 3.95. The van der Waals surface area contributed by atoms with Gasteiger partial charge in [-0.25, -0.2) is 8.78 Å². The van der Waals surface area contributed by atoms with Crippen LogP contribution >= 0.6 is 15.9 Å². The van der Waals surface area contributed by atoms with Crippen molar-refractivity contribution in [3.8, 4) is 0 Å². The van der Waals surface area contributed by atoms with Gasteiger partial charge in [-0.05, 0) is 30.9 Å². The maximum Gasteiger partial charge on any atom is 0.133 e. The van der Waals surface area contributed by atoms with Gasteiger partial charge in [0.2, 0.25) is 0 Å². The highest BCUT2D eigenvalue weighted by atomic mass is 79.9. The van der Waals surface area contributed by atoms with Gasteiger partial charge in [-0.15, -0.1) is 0 Å². The van der Waals surface area contributed by atoms with E-state index in [1.54, 1.807) is 0 Å². The highest BCUT2D eigenvalue weighted by Crippen LogP contribution is 2.36. The summed E-state index contributed by atoms with van der Waals surface area (Å²) in [5, 5.41) is 9.75. The monoisotopic (exact) mass is 290 g/mol. The van der Waals surface area contributed by atoms with Crippen molar-refractivity contribution in [1.82, 2.24) is 0 Å². The first-order valence-corrected chi connectivity index (χ1v) is 6.19. The van der Waals surface area contributed by atoms with E-state index in [1.807, 2.05) is 0 Å². The van der Waals surface area contributed by atoms with E-state index >= 15 is 0 Å². The molecule has 0 saturated heterocycles. The molecule has 1 N–H and O–H groups in total. The Hall–Kier alpha value is -0.480. The molecule has 1 fully saturated rings. The van der Waals surface area contributed by atoms with Crippen molar-refractivity contribution in [3.05, 3.63) is 33.8 Å². The molecule has 1 aliphatic rings. The quantitative estimate of drug-likeness (QED) is 0.890. The summed E-state index contributed by atoms with van der Waals surface area (Å²) < 4.78 is 27.3. The Kier molecular flexibility index (Phi) is 3.60. The lowest BCUT2D eigenvalue weighted by Gasteiger charge is -2.13. The molecule has 16 heavy (non-hydrogen) atoms. The van der Waals surface area contributed by atoms with Crippen molar-refractivity contribution in [3.63, 3.8) is 0 Å². The Morgan fingerprint density at radius 2 is 1.88 bits per heavy atom. The van der Waals surface area contributed by atoms with Gasteiger partial charge in [0.05, 0.1) is 11.7 Å². The topological polar surface area (TPSA) is 20.2 Å². The Morgan fingerprint density at radius 3 is 2.38 bits per heavy atom. The SMILES string of the molecule is OC(CCC1CC1)c1c(F)cc(Br)cc1F. The molecule has 1 unspecified atom stereocenters. The second-order valence-electron chi connectivity index (χ2n) is 4.32. The number of rotatable bonds is 4. The Morgan fingerprint density at radius 1 is 1.31 bits per heavy atom. The van der Waals surface area contributed by atoms with E-state index in [2.05, 4.69) is 15.9 Å². The zero-order chi connectivity index (χ0) is 11.7. The molecule has 0 radical (unpaired) electrons. The number of halogens is 3. The normalized spacial score (nSPS) is 17.5. The van der Waals surface area contributed by atoms with Gasteiger partial charge in [-0.1, -0.05) is 28.8 Å². The molecule has 4 heteroatoms. The molecule has 1 aliphatic carbocycles. The fourth-order valence-electron chi connectivity index (χ4n) is 1.82. The lowest BCUT2D eigenvalue weighted by Crippen LogP contribution is -2.04. The molecule has 0 amide bonds. The van der Waals surface area contributed by atoms with E-state index in [0.717, 1.165) is 6.42 Å². The first-order valence-electron chi connectivity index (χ1n) is 5.40. The lowest BCUT2D eigenvalue weighted by atomic mass is 10.0. The summed E-state index contributed by atoms with van der Waals surface area (Å²) in [6.45, 7) is 0. The smallest absolute Gasteiger partial charge is 0.133 e. The molecular weight excluding hydrogens is 278 g/mol. The fraction of sp³-hybridized carbons (Fsp3) is 0.500. The van der Waals surface area contributed by atoms with Gasteiger partial charge in [-0.2, -0.15) is 0 Å². The minimum absolute atomic E-state index is 0.205. The van der Waals surface area contributed by atoms with Gasteiger partial charge in [-0.3, -0.25) is 0 Å². The zero-order valence-corrected chi connectivity index (χ0v) is 10.3. The van der Waals surface area contributed by atoms with E-state index in [0.29, 0.717) is 16.8 Å². The number of benzene rings is 1. The molecule has 2 rings (SSSR count). The number of aliphatic hydroxyl groups is 1. The average Bonchev–Trinajstić information content (AvgIpc) is 2.96. The molecule has 1 nitrogen and oxygen atoms in total. The highest BCUT2D eigenvalue weighted by molar-refractivity contribution is 9.10. The van der Waals surface area contributed by atoms with E-state index < -0.39 is 17.7 Å². The molecule has 1 aromatic carbocycles. The molecular formula is C12H13BrF2O. The van der Waals surface area contributed by atoms with E-state index in [9.17, 15) is 13.9 Å². The fourth-order valence-corrected chi connectivity index (χ4v) is 2.22. The van der Waals surface area contributed by atoms with Crippen LogP contribution in [0.1, 0.15) is 37.4 Å². The minimum atomic E-state index is -1.03. The largest absolute Gasteiger partial charge is 0.388 e. The van der Waals surface area contributed by atoms with Crippen LogP contribution in [0.5, 0.6) is 0 Å². The zero-order valence-electron chi connectivity index (χ0n) is 8.72. The van der Waals surface area contributed by atoms with Crippen LogP contribution < -0.4 is 0 Å². The minimum Gasteiger partial charge on any atom is -0.388 e. The first-order chi connectivity index (χ1) is 7.58. The Balaban J connectivity index is 2.11. The van der Waals surface area contributed by atoms with Gasteiger partial charge in [0.15, 0.2) is 0 Å². The van der Waals surface area contributed by atoms with Crippen LogP contribution in [0.15, 0.2) is 16.6 Å². The standard InChI is InChI=1S/C12H13BrF2O/c13-8-5-9(14)12(10(15)6-8)11(16)4-3-7-1-2-7/h5-7,11,16H,1-4H2. The van der Waals surface area contributed by atoms with Crippen LogP contribution in [-0.4, -0.2) is 5.11 Å². The molecule has 88 valence electrons. The third-order valence-electron chi connectivity index (χ3n) is 2.92. The second-order valence-corrected chi connectivity index (χ2v) is 5.24. The molecule has 0 aromatic heterocycles. The van der Waals surface area contributed by atoms with Crippen LogP contribution in [0.25, 0.3) is 0 Å². The van der Waals surface area contributed by atoms with E-state index in [4.69, 9.17) is 0 Å². The highest BCUT2D eigenvalue weighted by Gasteiger charge is 2.24. The number of hydrogen-bond donors (Lipinski definition) is 1. The molecule has 1 atom stereocenters.